The Morgan fingerprint density at radius 3 is 2.83 bits per heavy atom. The molecule has 1 N–H and O–H groups in total. The van der Waals surface area contributed by atoms with E-state index in [1.807, 2.05) is 19.9 Å². The van der Waals surface area contributed by atoms with Crippen molar-refractivity contribution in [3.05, 3.63) is 22.2 Å². The highest BCUT2D eigenvalue weighted by Crippen LogP contribution is 2.35. The van der Waals surface area contributed by atoms with E-state index < -0.39 is 0 Å². The normalized spacial score (nSPS) is 18.6. The molecule has 2 rings (SSSR count). The summed E-state index contributed by atoms with van der Waals surface area (Å²) in [5.41, 5.74) is 1.13. The van der Waals surface area contributed by atoms with Gasteiger partial charge in [0.1, 0.15) is 0 Å². The lowest BCUT2D eigenvalue weighted by atomic mass is 10.1. The van der Waals surface area contributed by atoms with Crippen molar-refractivity contribution in [3.63, 3.8) is 0 Å². The van der Waals surface area contributed by atoms with Gasteiger partial charge in [-0.3, -0.25) is 4.90 Å². The van der Waals surface area contributed by atoms with Crippen LogP contribution in [0.1, 0.15) is 39.2 Å². The van der Waals surface area contributed by atoms with E-state index in [1.165, 1.54) is 19.4 Å². The zero-order valence-corrected chi connectivity index (χ0v) is 16.3. The molecule has 0 unspecified atom stereocenters. The SMILES string of the molecule is CCN1CCC[C@H]1CNCc1cc(Br)cc(OC)c1OC(C)C. The van der Waals surface area contributed by atoms with Crippen LogP contribution in [0.25, 0.3) is 0 Å². The maximum absolute atomic E-state index is 5.99. The molecule has 0 amide bonds. The summed E-state index contributed by atoms with van der Waals surface area (Å²) in [4.78, 5) is 2.56. The monoisotopic (exact) mass is 384 g/mol. The number of nitrogens with zero attached hydrogens (tertiary/aromatic N) is 1. The predicted molar refractivity (Wildman–Crippen MR) is 98.4 cm³/mol. The second-order valence-corrected chi connectivity index (χ2v) is 7.23. The minimum absolute atomic E-state index is 0.120. The third-order valence-electron chi connectivity index (χ3n) is 4.27. The molecule has 4 nitrogen and oxygen atoms in total. The number of halogens is 1. The molecule has 1 fully saturated rings. The second kappa shape index (κ2) is 8.90. The molecule has 0 saturated carbocycles. The molecule has 5 heteroatoms. The van der Waals surface area contributed by atoms with Crippen LogP contribution < -0.4 is 14.8 Å². The van der Waals surface area contributed by atoms with Crippen molar-refractivity contribution in [1.29, 1.82) is 0 Å². The zero-order chi connectivity index (χ0) is 16.8. The Morgan fingerprint density at radius 2 is 2.17 bits per heavy atom. The van der Waals surface area contributed by atoms with E-state index in [1.54, 1.807) is 7.11 Å². The van der Waals surface area contributed by atoms with E-state index in [2.05, 4.69) is 39.1 Å². The van der Waals surface area contributed by atoms with Gasteiger partial charge in [0.15, 0.2) is 11.5 Å². The first-order valence-corrected chi connectivity index (χ1v) is 9.32. The summed E-state index contributed by atoms with van der Waals surface area (Å²) in [5, 5.41) is 3.60. The predicted octanol–water partition coefficient (Wildman–Crippen LogP) is 3.82. The van der Waals surface area contributed by atoms with Crippen LogP contribution in [-0.2, 0) is 6.54 Å². The van der Waals surface area contributed by atoms with Crippen LogP contribution in [0, 0.1) is 0 Å². The Morgan fingerprint density at radius 1 is 1.39 bits per heavy atom. The lowest BCUT2D eigenvalue weighted by Gasteiger charge is -2.23. The molecule has 23 heavy (non-hydrogen) atoms. The Hall–Kier alpha value is -0.780. The van der Waals surface area contributed by atoms with E-state index in [0.717, 1.165) is 41.2 Å². The van der Waals surface area contributed by atoms with Crippen LogP contribution in [0.5, 0.6) is 11.5 Å². The Bertz CT molecular complexity index is 508. The molecule has 0 bridgehead atoms. The van der Waals surface area contributed by atoms with E-state index in [4.69, 9.17) is 9.47 Å². The first kappa shape index (κ1) is 18.6. The molecule has 1 aliphatic rings. The average Bonchev–Trinajstić information content (AvgIpc) is 2.96. The molecule has 1 aromatic carbocycles. The summed E-state index contributed by atoms with van der Waals surface area (Å²) in [6, 6.07) is 4.72. The highest BCUT2D eigenvalue weighted by molar-refractivity contribution is 9.10. The van der Waals surface area contributed by atoms with Crippen LogP contribution in [0.3, 0.4) is 0 Å². The summed E-state index contributed by atoms with van der Waals surface area (Å²) in [5.74, 6) is 1.62. The summed E-state index contributed by atoms with van der Waals surface area (Å²) < 4.78 is 12.5. The molecule has 130 valence electrons. The van der Waals surface area contributed by atoms with Crippen LogP contribution in [-0.4, -0.2) is 43.8 Å². The van der Waals surface area contributed by atoms with Gasteiger partial charge in [-0.15, -0.1) is 0 Å². The van der Waals surface area contributed by atoms with Crippen molar-refractivity contribution in [2.45, 2.75) is 52.3 Å². The number of rotatable bonds is 8. The van der Waals surface area contributed by atoms with Gasteiger partial charge in [-0.25, -0.2) is 0 Å². The van der Waals surface area contributed by atoms with Gasteiger partial charge in [0, 0.05) is 29.2 Å². The van der Waals surface area contributed by atoms with Crippen molar-refractivity contribution in [2.24, 2.45) is 0 Å². The van der Waals surface area contributed by atoms with E-state index in [-0.39, 0.29) is 6.10 Å². The smallest absolute Gasteiger partial charge is 0.166 e. The van der Waals surface area contributed by atoms with Crippen LogP contribution in [0.4, 0.5) is 0 Å². The van der Waals surface area contributed by atoms with Gasteiger partial charge >= 0.3 is 0 Å². The highest BCUT2D eigenvalue weighted by atomic mass is 79.9. The van der Waals surface area contributed by atoms with Crippen molar-refractivity contribution >= 4 is 15.9 Å². The zero-order valence-electron chi connectivity index (χ0n) is 14.7. The fourth-order valence-electron chi connectivity index (χ4n) is 3.19. The fourth-order valence-corrected chi connectivity index (χ4v) is 3.68. The minimum atomic E-state index is 0.120. The molecule has 1 aliphatic heterocycles. The van der Waals surface area contributed by atoms with Gasteiger partial charge in [-0.1, -0.05) is 22.9 Å². The summed E-state index contributed by atoms with van der Waals surface area (Å²) in [7, 11) is 1.68. The third-order valence-corrected chi connectivity index (χ3v) is 4.73. The molecule has 0 aliphatic carbocycles. The fraction of sp³-hybridized carbons (Fsp3) is 0.667. The van der Waals surface area contributed by atoms with Gasteiger partial charge in [0.05, 0.1) is 13.2 Å². The number of hydrogen-bond donors (Lipinski definition) is 1. The van der Waals surface area contributed by atoms with Crippen LogP contribution in [0.2, 0.25) is 0 Å². The van der Waals surface area contributed by atoms with E-state index >= 15 is 0 Å². The molecular formula is C18H29BrN2O2. The van der Waals surface area contributed by atoms with Crippen molar-refractivity contribution in [2.75, 3.05) is 26.7 Å². The lowest BCUT2D eigenvalue weighted by molar-refractivity contribution is 0.226. The number of methoxy groups -OCH3 is 1. The number of hydrogen-bond acceptors (Lipinski definition) is 4. The Balaban J connectivity index is 2.04. The molecule has 1 heterocycles. The minimum Gasteiger partial charge on any atom is -0.493 e. The van der Waals surface area contributed by atoms with Crippen molar-refractivity contribution in [3.8, 4) is 11.5 Å². The first-order valence-electron chi connectivity index (χ1n) is 8.53. The van der Waals surface area contributed by atoms with Gasteiger partial charge in [0.25, 0.3) is 0 Å². The van der Waals surface area contributed by atoms with Gasteiger partial charge in [0.2, 0.25) is 0 Å². The molecule has 0 aromatic heterocycles. The van der Waals surface area contributed by atoms with E-state index in [0.29, 0.717) is 6.04 Å². The first-order chi connectivity index (χ1) is 11.0. The quantitative estimate of drug-likeness (QED) is 0.738. The summed E-state index contributed by atoms with van der Waals surface area (Å²) >= 11 is 3.56. The number of nitrogens with one attached hydrogen (secondary N) is 1. The Labute approximate surface area is 148 Å². The highest BCUT2D eigenvalue weighted by Gasteiger charge is 2.22. The largest absolute Gasteiger partial charge is 0.493 e. The maximum Gasteiger partial charge on any atom is 0.166 e. The van der Waals surface area contributed by atoms with Gasteiger partial charge in [-0.2, -0.15) is 0 Å². The van der Waals surface area contributed by atoms with E-state index in [9.17, 15) is 0 Å². The second-order valence-electron chi connectivity index (χ2n) is 6.32. The Kier molecular flexibility index (Phi) is 7.18. The van der Waals surface area contributed by atoms with Crippen molar-refractivity contribution in [1.82, 2.24) is 10.2 Å². The number of likely N-dealkylation sites (tertiary alicyclic amines) is 1. The topological polar surface area (TPSA) is 33.7 Å². The number of ether oxygens (including phenoxy) is 2. The molecule has 0 radical (unpaired) electrons. The van der Waals surface area contributed by atoms with Gasteiger partial charge in [-0.05, 0) is 51.9 Å². The number of likely N-dealkylation sites (N-methyl/N-ethyl adjacent to an activating group) is 1. The molecule has 1 aromatic rings. The molecular weight excluding hydrogens is 356 g/mol. The lowest BCUT2D eigenvalue weighted by Crippen LogP contribution is -2.37. The van der Waals surface area contributed by atoms with Crippen LogP contribution >= 0.6 is 15.9 Å². The molecule has 1 saturated heterocycles. The number of benzene rings is 1. The van der Waals surface area contributed by atoms with Crippen molar-refractivity contribution < 1.29 is 9.47 Å². The van der Waals surface area contributed by atoms with Crippen LogP contribution in [0.15, 0.2) is 16.6 Å². The summed E-state index contributed by atoms with van der Waals surface area (Å²) in [6.07, 6.45) is 2.72. The molecule has 1 atom stereocenters. The maximum atomic E-state index is 5.99. The summed E-state index contributed by atoms with van der Waals surface area (Å²) in [6.45, 7) is 10.5. The average molecular weight is 385 g/mol. The third kappa shape index (κ3) is 5.10. The van der Waals surface area contributed by atoms with Gasteiger partial charge < -0.3 is 14.8 Å². The standard InChI is InChI=1S/C18H29BrN2O2/c1-5-21-8-6-7-16(21)12-20-11-14-9-15(19)10-17(22-4)18(14)23-13(2)3/h9-10,13,16,20H,5-8,11-12H2,1-4H3/t16-/m0/s1. The molecule has 0 spiro atoms.